The SMILES string of the molecule is Cc1ccc(CNC(=O)c2cnoc2)o1. The molecule has 1 N–H and O–H groups in total. The number of nitrogens with one attached hydrogen (secondary N) is 1. The van der Waals surface area contributed by atoms with Gasteiger partial charge in [0.1, 0.15) is 17.8 Å². The van der Waals surface area contributed by atoms with Gasteiger partial charge in [-0.3, -0.25) is 4.79 Å². The van der Waals surface area contributed by atoms with E-state index < -0.39 is 0 Å². The third kappa shape index (κ3) is 2.25. The molecule has 0 unspecified atom stereocenters. The van der Waals surface area contributed by atoms with Crippen molar-refractivity contribution in [2.24, 2.45) is 0 Å². The first-order valence-corrected chi connectivity index (χ1v) is 4.48. The van der Waals surface area contributed by atoms with Crippen LogP contribution in [0.4, 0.5) is 0 Å². The molecule has 5 nitrogen and oxygen atoms in total. The molecule has 1 amide bonds. The highest BCUT2D eigenvalue weighted by molar-refractivity contribution is 5.93. The number of hydrogen-bond donors (Lipinski definition) is 1. The molecule has 0 aliphatic carbocycles. The van der Waals surface area contributed by atoms with Crippen LogP contribution in [0.15, 0.2) is 33.5 Å². The molecule has 5 heteroatoms. The average molecular weight is 206 g/mol. The summed E-state index contributed by atoms with van der Waals surface area (Å²) in [5.74, 6) is 1.31. The van der Waals surface area contributed by atoms with Gasteiger partial charge in [0.25, 0.3) is 5.91 Å². The number of nitrogens with zero attached hydrogens (tertiary/aromatic N) is 1. The van der Waals surface area contributed by atoms with Crippen molar-refractivity contribution in [3.63, 3.8) is 0 Å². The zero-order valence-corrected chi connectivity index (χ0v) is 8.19. The predicted molar refractivity (Wildman–Crippen MR) is 51.1 cm³/mol. The molecule has 78 valence electrons. The van der Waals surface area contributed by atoms with Crippen molar-refractivity contribution in [3.05, 3.63) is 41.7 Å². The quantitative estimate of drug-likeness (QED) is 0.826. The summed E-state index contributed by atoms with van der Waals surface area (Å²) >= 11 is 0. The Morgan fingerprint density at radius 2 is 2.40 bits per heavy atom. The van der Waals surface area contributed by atoms with E-state index >= 15 is 0 Å². The van der Waals surface area contributed by atoms with E-state index in [2.05, 4.69) is 15.0 Å². The third-order valence-corrected chi connectivity index (χ3v) is 1.91. The summed E-state index contributed by atoms with van der Waals surface area (Å²) in [5, 5.41) is 6.13. The first kappa shape index (κ1) is 9.51. The van der Waals surface area contributed by atoms with Crippen molar-refractivity contribution in [1.82, 2.24) is 10.5 Å². The fourth-order valence-corrected chi connectivity index (χ4v) is 1.17. The van der Waals surface area contributed by atoms with Crippen molar-refractivity contribution in [3.8, 4) is 0 Å². The maximum Gasteiger partial charge on any atom is 0.256 e. The maximum absolute atomic E-state index is 11.4. The molecule has 2 aromatic heterocycles. The number of furan rings is 1. The molecular weight excluding hydrogens is 196 g/mol. The van der Waals surface area contributed by atoms with Gasteiger partial charge in [-0.25, -0.2) is 0 Å². The molecule has 2 aromatic rings. The Balaban J connectivity index is 1.91. The normalized spacial score (nSPS) is 10.2. The second-order valence-corrected chi connectivity index (χ2v) is 3.11. The van der Waals surface area contributed by atoms with Crippen LogP contribution in [0.3, 0.4) is 0 Å². The number of carbonyl (C=O) groups is 1. The molecule has 0 saturated heterocycles. The van der Waals surface area contributed by atoms with Gasteiger partial charge < -0.3 is 14.3 Å². The number of carbonyl (C=O) groups excluding carboxylic acids is 1. The van der Waals surface area contributed by atoms with Crippen LogP contribution in [-0.4, -0.2) is 11.1 Å². The van der Waals surface area contributed by atoms with E-state index in [1.165, 1.54) is 12.5 Å². The van der Waals surface area contributed by atoms with Crippen molar-refractivity contribution < 1.29 is 13.7 Å². The van der Waals surface area contributed by atoms with Gasteiger partial charge in [0.2, 0.25) is 0 Å². The van der Waals surface area contributed by atoms with Crippen LogP contribution in [0.5, 0.6) is 0 Å². The molecule has 0 fully saturated rings. The molecule has 0 aliphatic rings. The zero-order chi connectivity index (χ0) is 10.7. The Bertz CT molecular complexity index is 445. The van der Waals surface area contributed by atoms with Gasteiger partial charge in [-0.2, -0.15) is 0 Å². The molecule has 0 radical (unpaired) electrons. The van der Waals surface area contributed by atoms with Gasteiger partial charge in [0.15, 0.2) is 0 Å². The molecule has 0 aliphatic heterocycles. The summed E-state index contributed by atoms with van der Waals surface area (Å²) in [6.07, 6.45) is 2.66. The van der Waals surface area contributed by atoms with E-state index in [9.17, 15) is 4.79 Å². The summed E-state index contributed by atoms with van der Waals surface area (Å²) in [6.45, 7) is 2.21. The molecule has 0 bridgehead atoms. The maximum atomic E-state index is 11.4. The summed E-state index contributed by atoms with van der Waals surface area (Å²) < 4.78 is 9.85. The van der Waals surface area contributed by atoms with Gasteiger partial charge in [0.05, 0.1) is 18.3 Å². The first-order valence-electron chi connectivity index (χ1n) is 4.48. The lowest BCUT2D eigenvalue weighted by atomic mass is 10.3. The Hall–Kier alpha value is -2.04. The molecular formula is C10H10N2O3. The van der Waals surface area contributed by atoms with Crippen LogP contribution in [0.25, 0.3) is 0 Å². The summed E-state index contributed by atoms with van der Waals surface area (Å²) in [4.78, 5) is 11.4. The van der Waals surface area contributed by atoms with Gasteiger partial charge >= 0.3 is 0 Å². The standard InChI is InChI=1S/C10H10N2O3/c1-7-2-3-9(15-7)5-11-10(13)8-4-12-14-6-8/h2-4,6H,5H2,1H3,(H,11,13). The van der Waals surface area contributed by atoms with Crippen LogP contribution in [0.1, 0.15) is 21.9 Å². The van der Waals surface area contributed by atoms with Crippen molar-refractivity contribution in [1.29, 1.82) is 0 Å². The Labute approximate surface area is 86.1 Å². The highest BCUT2D eigenvalue weighted by Gasteiger charge is 2.08. The number of aromatic nitrogens is 1. The number of amides is 1. The van der Waals surface area contributed by atoms with Crippen molar-refractivity contribution >= 4 is 5.91 Å². The van der Waals surface area contributed by atoms with E-state index in [-0.39, 0.29) is 5.91 Å². The molecule has 0 spiro atoms. The number of rotatable bonds is 3. The summed E-state index contributed by atoms with van der Waals surface area (Å²) in [5.41, 5.74) is 0.401. The average Bonchev–Trinajstić information content (AvgIpc) is 2.84. The Morgan fingerprint density at radius 3 is 3.00 bits per heavy atom. The zero-order valence-electron chi connectivity index (χ0n) is 8.19. The lowest BCUT2D eigenvalue weighted by Gasteiger charge is -1.99. The highest BCUT2D eigenvalue weighted by atomic mass is 16.5. The lowest BCUT2D eigenvalue weighted by molar-refractivity contribution is 0.0947. The summed E-state index contributed by atoms with van der Waals surface area (Å²) in [7, 11) is 0. The minimum atomic E-state index is -0.231. The minimum Gasteiger partial charge on any atom is -0.465 e. The van der Waals surface area contributed by atoms with Crippen LogP contribution in [-0.2, 0) is 6.54 Å². The third-order valence-electron chi connectivity index (χ3n) is 1.91. The first-order chi connectivity index (χ1) is 7.25. The van der Waals surface area contributed by atoms with Crippen LogP contribution in [0, 0.1) is 6.92 Å². The predicted octanol–water partition coefficient (Wildman–Crippen LogP) is 1.51. The number of hydrogen-bond acceptors (Lipinski definition) is 4. The fraction of sp³-hybridized carbons (Fsp3) is 0.200. The van der Waals surface area contributed by atoms with E-state index in [1.807, 2.05) is 19.1 Å². The van der Waals surface area contributed by atoms with E-state index in [0.29, 0.717) is 12.1 Å². The van der Waals surface area contributed by atoms with E-state index in [0.717, 1.165) is 11.5 Å². The molecule has 0 saturated carbocycles. The monoisotopic (exact) mass is 206 g/mol. The molecule has 0 aromatic carbocycles. The largest absolute Gasteiger partial charge is 0.465 e. The van der Waals surface area contributed by atoms with Crippen LogP contribution < -0.4 is 5.32 Å². The molecule has 2 heterocycles. The Kier molecular flexibility index (Phi) is 2.53. The topological polar surface area (TPSA) is 68.3 Å². The number of aryl methyl sites for hydroxylation is 1. The fourth-order valence-electron chi connectivity index (χ4n) is 1.17. The minimum absolute atomic E-state index is 0.231. The second kappa shape index (κ2) is 4.00. The van der Waals surface area contributed by atoms with Gasteiger partial charge in [-0.1, -0.05) is 5.16 Å². The Morgan fingerprint density at radius 1 is 1.53 bits per heavy atom. The lowest BCUT2D eigenvalue weighted by Crippen LogP contribution is -2.21. The highest BCUT2D eigenvalue weighted by Crippen LogP contribution is 2.06. The van der Waals surface area contributed by atoms with Crippen LogP contribution in [0.2, 0.25) is 0 Å². The molecule has 2 rings (SSSR count). The smallest absolute Gasteiger partial charge is 0.256 e. The van der Waals surface area contributed by atoms with Crippen molar-refractivity contribution in [2.75, 3.05) is 0 Å². The van der Waals surface area contributed by atoms with Crippen molar-refractivity contribution in [2.45, 2.75) is 13.5 Å². The van der Waals surface area contributed by atoms with Gasteiger partial charge in [-0.15, -0.1) is 0 Å². The van der Waals surface area contributed by atoms with E-state index in [1.54, 1.807) is 0 Å². The van der Waals surface area contributed by atoms with Gasteiger partial charge in [0, 0.05) is 0 Å². The second-order valence-electron chi connectivity index (χ2n) is 3.11. The van der Waals surface area contributed by atoms with Crippen LogP contribution >= 0.6 is 0 Å². The summed E-state index contributed by atoms with van der Waals surface area (Å²) in [6, 6.07) is 3.67. The van der Waals surface area contributed by atoms with E-state index in [4.69, 9.17) is 4.42 Å². The molecule has 0 atom stereocenters. The van der Waals surface area contributed by atoms with Gasteiger partial charge in [-0.05, 0) is 19.1 Å². The molecule has 15 heavy (non-hydrogen) atoms.